The minimum Gasteiger partial charge on any atom is -0.369 e. The van der Waals surface area contributed by atoms with Crippen molar-refractivity contribution in [3.05, 3.63) is 72.0 Å². The molecule has 8 heteroatoms. The Morgan fingerprint density at radius 2 is 1.89 bits per heavy atom. The second-order valence-corrected chi connectivity index (χ2v) is 11.0. The average Bonchev–Trinajstić information content (AvgIpc) is 3.30. The third-order valence-electron chi connectivity index (χ3n) is 7.75. The Morgan fingerprint density at radius 1 is 1.11 bits per heavy atom. The van der Waals surface area contributed by atoms with E-state index in [1.807, 2.05) is 42.5 Å². The molecule has 6 nitrogen and oxygen atoms in total. The lowest BCUT2D eigenvalue weighted by Gasteiger charge is -2.33. The van der Waals surface area contributed by atoms with Crippen molar-refractivity contribution in [3.63, 3.8) is 0 Å². The van der Waals surface area contributed by atoms with Gasteiger partial charge < -0.3 is 10.2 Å². The molecule has 0 spiro atoms. The van der Waals surface area contributed by atoms with Gasteiger partial charge in [0.05, 0.1) is 5.69 Å². The van der Waals surface area contributed by atoms with Crippen molar-refractivity contribution in [2.75, 3.05) is 28.8 Å². The van der Waals surface area contributed by atoms with Crippen LogP contribution in [0.3, 0.4) is 0 Å². The van der Waals surface area contributed by atoms with Gasteiger partial charge in [0.25, 0.3) is 11.3 Å². The van der Waals surface area contributed by atoms with E-state index in [-0.39, 0.29) is 11.7 Å². The number of rotatable bonds is 9. The maximum absolute atomic E-state index is 13.7. The molecule has 2 aliphatic rings. The van der Waals surface area contributed by atoms with Gasteiger partial charge in [-0.1, -0.05) is 68.5 Å². The first kappa shape index (κ1) is 25.7. The maximum atomic E-state index is 13.7. The van der Waals surface area contributed by atoms with Crippen LogP contribution in [0.15, 0.2) is 60.7 Å². The van der Waals surface area contributed by atoms with Gasteiger partial charge in [0, 0.05) is 30.7 Å². The number of hydrogen-bond acceptors (Lipinski definition) is 3. The number of nitrogens with zero attached hydrogens (tertiary/aromatic N) is 2. The summed E-state index contributed by atoms with van der Waals surface area (Å²) < 4.78 is 38.2. The molecule has 3 aromatic rings. The van der Waals surface area contributed by atoms with Gasteiger partial charge in [0.2, 0.25) is 5.91 Å². The lowest BCUT2D eigenvalue weighted by atomic mass is 9.84. The van der Waals surface area contributed by atoms with Gasteiger partial charge in [0.15, 0.2) is 0 Å². The molecule has 3 aromatic carbocycles. The lowest BCUT2D eigenvalue weighted by molar-refractivity contribution is -0.122. The smallest absolute Gasteiger partial charge is 0.262 e. The molecule has 1 heterocycles. The summed E-state index contributed by atoms with van der Waals surface area (Å²) in [5, 5.41) is 4.85. The Morgan fingerprint density at radius 3 is 2.70 bits per heavy atom. The Labute approximate surface area is 220 Å². The summed E-state index contributed by atoms with van der Waals surface area (Å²) in [6.07, 6.45) is 6.85. The molecular weight excluding hydrogens is 489 g/mol. The molecule has 196 valence electrons. The Bertz CT molecular complexity index is 1270. The van der Waals surface area contributed by atoms with Crippen molar-refractivity contribution in [1.82, 2.24) is 5.32 Å². The average molecular weight is 524 g/mol. The molecule has 1 aliphatic heterocycles. The number of carbonyl (C=O) groups excluding carboxylic acids is 1. The van der Waals surface area contributed by atoms with Crippen molar-refractivity contribution in [3.8, 4) is 0 Å². The number of nitrogens with one attached hydrogen (secondary N) is 1. The zero-order chi connectivity index (χ0) is 25.8. The second kappa shape index (κ2) is 11.6. The molecule has 0 radical (unpaired) electrons. The number of amides is 1. The Balaban J connectivity index is 1.36. The van der Waals surface area contributed by atoms with Crippen LogP contribution in [0.4, 0.5) is 15.8 Å². The summed E-state index contributed by atoms with van der Waals surface area (Å²) in [5.74, 6) is -0.129. The first-order chi connectivity index (χ1) is 18.0. The zero-order valence-corrected chi connectivity index (χ0v) is 21.8. The highest BCUT2D eigenvalue weighted by Crippen LogP contribution is 2.34. The summed E-state index contributed by atoms with van der Waals surface area (Å²) >= 11 is -2.38. The number of benzene rings is 3. The molecule has 0 aromatic heterocycles. The molecule has 1 aliphatic carbocycles. The number of hydrogen-bond donors (Lipinski definition) is 2. The van der Waals surface area contributed by atoms with Crippen molar-refractivity contribution in [1.29, 1.82) is 0 Å². The topological polar surface area (TPSA) is 72.9 Å². The van der Waals surface area contributed by atoms with Crippen molar-refractivity contribution >= 4 is 39.3 Å². The van der Waals surface area contributed by atoms with Gasteiger partial charge in [-0.2, -0.15) is 0 Å². The molecule has 0 bridgehead atoms. The fourth-order valence-electron chi connectivity index (χ4n) is 5.91. The van der Waals surface area contributed by atoms with Crippen LogP contribution in [0.5, 0.6) is 0 Å². The van der Waals surface area contributed by atoms with Crippen LogP contribution in [0.25, 0.3) is 10.8 Å². The molecular formula is C29H34FN3O3S. The van der Waals surface area contributed by atoms with Crippen LogP contribution in [0.2, 0.25) is 0 Å². The quantitative estimate of drug-likeness (QED) is 0.367. The molecule has 2 atom stereocenters. The predicted octanol–water partition coefficient (Wildman–Crippen LogP) is 5.44. The van der Waals surface area contributed by atoms with Gasteiger partial charge in [-0.25, -0.2) is 8.60 Å². The number of fused-ring (bicyclic) bond motifs is 2. The number of anilines is 2. The Kier molecular flexibility index (Phi) is 8.05. The van der Waals surface area contributed by atoms with Gasteiger partial charge in [-0.05, 0) is 54.0 Å². The normalized spacial score (nSPS) is 17.4. The van der Waals surface area contributed by atoms with E-state index in [0.29, 0.717) is 31.1 Å². The monoisotopic (exact) mass is 523 g/mol. The molecule has 0 saturated heterocycles. The van der Waals surface area contributed by atoms with Crippen LogP contribution < -0.4 is 14.5 Å². The SMILES string of the molecule is O=C(NCCN1CCc2cc(F)ccc21)C(CC1CCCCC1)N(c1cccc2ccccc12)S(=O)O. The second-order valence-electron chi connectivity index (χ2n) is 10.1. The molecule has 1 fully saturated rings. The van der Waals surface area contributed by atoms with Crippen molar-refractivity contribution < 1.29 is 17.9 Å². The highest BCUT2D eigenvalue weighted by molar-refractivity contribution is 7.80. The van der Waals surface area contributed by atoms with Crippen LogP contribution in [-0.4, -0.2) is 40.3 Å². The zero-order valence-electron chi connectivity index (χ0n) is 20.9. The van der Waals surface area contributed by atoms with E-state index in [0.717, 1.165) is 60.7 Å². The van der Waals surface area contributed by atoms with E-state index < -0.39 is 17.3 Å². The van der Waals surface area contributed by atoms with Crippen LogP contribution in [-0.2, 0) is 22.5 Å². The van der Waals surface area contributed by atoms with Crippen LogP contribution in [0, 0.1) is 11.7 Å². The minimum absolute atomic E-state index is 0.231. The van der Waals surface area contributed by atoms with Crippen LogP contribution in [0.1, 0.15) is 44.1 Å². The van der Waals surface area contributed by atoms with E-state index in [2.05, 4.69) is 10.2 Å². The fraction of sp³-hybridized carbons (Fsp3) is 0.414. The number of carbonyl (C=O) groups is 1. The highest BCUT2D eigenvalue weighted by atomic mass is 32.2. The molecule has 1 saturated carbocycles. The minimum atomic E-state index is -2.38. The summed E-state index contributed by atoms with van der Waals surface area (Å²) in [4.78, 5) is 15.8. The largest absolute Gasteiger partial charge is 0.369 e. The van der Waals surface area contributed by atoms with Gasteiger partial charge in [0.1, 0.15) is 11.9 Å². The summed E-state index contributed by atoms with van der Waals surface area (Å²) in [5.41, 5.74) is 2.58. The third-order valence-corrected chi connectivity index (χ3v) is 8.54. The van der Waals surface area contributed by atoms with Crippen LogP contribution >= 0.6 is 0 Å². The molecule has 2 unspecified atom stereocenters. The van der Waals surface area contributed by atoms with Gasteiger partial charge in [-0.15, -0.1) is 0 Å². The van der Waals surface area contributed by atoms with Crippen molar-refractivity contribution in [2.45, 2.75) is 51.0 Å². The molecule has 1 amide bonds. The maximum Gasteiger partial charge on any atom is 0.262 e. The van der Waals surface area contributed by atoms with E-state index in [4.69, 9.17) is 0 Å². The van der Waals surface area contributed by atoms with Gasteiger partial charge in [-0.3, -0.25) is 13.7 Å². The Hall–Kier alpha value is -2.97. The fourth-order valence-corrected chi connectivity index (χ4v) is 6.64. The lowest BCUT2D eigenvalue weighted by Crippen LogP contribution is -2.50. The van der Waals surface area contributed by atoms with E-state index in [1.54, 1.807) is 12.1 Å². The molecule has 37 heavy (non-hydrogen) atoms. The van der Waals surface area contributed by atoms with E-state index in [1.165, 1.54) is 16.8 Å². The van der Waals surface area contributed by atoms with E-state index in [9.17, 15) is 17.9 Å². The van der Waals surface area contributed by atoms with E-state index >= 15 is 0 Å². The first-order valence-corrected chi connectivity index (χ1v) is 14.3. The molecule has 5 rings (SSSR count). The first-order valence-electron chi connectivity index (χ1n) is 13.2. The van der Waals surface area contributed by atoms with Gasteiger partial charge >= 0.3 is 0 Å². The molecule has 2 N–H and O–H groups in total. The summed E-state index contributed by atoms with van der Waals surface area (Å²) in [6.45, 7) is 1.78. The highest BCUT2D eigenvalue weighted by Gasteiger charge is 2.34. The summed E-state index contributed by atoms with van der Waals surface area (Å²) in [7, 11) is 0. The summed E-state index contributed by atoms with van der Waals surface area (Å²) in [6, 6.07) is 17.4. The predicted molar refractivity (Wildman–Crippen MR) is 148 cm³/mol. The standard InChI is InChI=1S/C29H34FN3O3S/c30-24-13-14-26-23(20-24)15-17-32(26)18-16-31-29(34)28(19-21-7-2-1-3-8-21)33(37(35)36)27-12-6-10-22-9-4-5-11-25(22)27/h4-6,9-14,20-21,28H,1-3,7-8,15-19H2,(H,31,34)(H,35,36). The number of halogens is 1. The van der Waals surface area contributed by atoms with Crippen molar-refractivity contribution in [2.24, 2.45) is 5.92 Å². The third kappa shape index (κ3) is 5.80.